The van der Waals surface area contributed by atoms with Gasteiger partial charge in [0, 0.05) is 19.1 Å². The van der Waals surface area contributed by atoms with E-state index in [1.807, 2.05) is 34.0 Å². The average Bonchev–Trinajstić information content (AvgIpc) is 3.14. The number of carbonyl (C=O) groups excluding carboxylic acids is 1. The van der Waals surface area contributed by atoms with Crippen molar-refractivity contribution >= 4 is 29.0 Å². The first-order valence-electron chi connectivity index (χ1n) is 7.95. The second kappa shape index (κ2) is 7.05. The molecule has 0 N–H and O–H groups in total. The molecular formula is C16H22N4OS2. The first kappa shape index (κ1) is 16.5. The molecule has 0 spiro atoms. The van der Waals surface area contributed by atoms with Crippen LogP contribution in [0.4, 0.5) is 0 Å². The lowest BCUT2D eigenvalue weighted by atomic mass is 9.98. The summed E-state index contributed by atoms with van der Waals surface area (Å²) in [5, 5.41) is 11.3. The number of thiophene rings is 1. The lowest BCUT2D eigenvalue weighted by molar-refractivity contribution is -0.134. The van der Waals surface area contributed by atoms with Gasteiger partial charge in [-0.2, -0.15) is 0 Å². The number of likely N-dealkylation sites (tertiary alicyclic amines) is 1. The Morgan fingerprint density at radius 2 is 2.09 bits per heavy atom. The quantitative estimate of drug-likeness (QED) is 0.793. The summed E-state index contributed by atoms with van der Waals surface area (Å²) < 4.78 is 1.97. The van der Waals surface area contributed by atoms with Crippen molar-refractivity contribution in [3.63, 3.8) is 0 Å². The Balaban J connectivity index is 1.65. The number of amides is 1. The molecule has 2 unspecified atom stereocenters. The van der Waals surface area contributed by atoms with Crippen LogP contribution in [0.15, 0.2) is 22.7 Å². The van der Waals surface area contributed by atoms with Gasteiger partial charge in [0.25, 0.3) is 0 Å². The fraction of sp³-hybridized carbons (Fsp3) is 0.562. The summed E-state index contributed by atoms with van der Waals surface area (Å²) in [6.45, 7) is 4.30. The Hall–Kier alpha value is -1.34. The van der Waals surface area contributed by atoms with E-state index in [2.05, 4.69) is 24.0 Å². The Labute approximate surface area is 145 Å². The van der Waals surface area contributed by atoms with Crippen molar-refractivity contribution in [2.45, 2.75) is 50.4 Å². The van der Waals surface area contributed by atoms with Crippen LogP contribution in [0.25, 0.3) is 10.7 Å². The van der Waals surface area contributed by atoms with Crippen LogP contribution in [-0.4, -0.2) is 43.4 Å². The van der Waals surface area contributed by atoms with E-state index < -0.39 is 0 Å². The SMILES string of the molecule is CC1CCCC(C)N1C(=O)CSc1nnc(-c2cccs2)n1C. The van der Waals surface area contributed by atoms with Gasteiger partial charge in [0.2, 0.25) is 5.91 Å². The van der Waals surface area contributed by atoms with Crippen molar-refractivity contribution in [3.05, 3.63) is 17.5 Å². The molecule has 2 aromatic rings. The van der Waals surface area contributed by atoms with Crippen molar-refractivity contribution in [2.24, 2.45) is 7.05 Å². The predicted molar refractivity (Wildman–Crippen MR) is 94.7 cm³/mol. The fourth-order valence-corrected chi connectivity index (χ4v) is 4.70. The van der Waals surface area contributed by atoms with Crippen LogP contribution in [0, 0.1) is 0 Å². The van der Waals surface area contributed by atoms with E-state index in [-0.39, 0.29) is 5.91 Å². The average molecular weight is 351 g/mol. The van der Waals surface area contributed by atoms with Gasteiger partial charge in [-0.1, -0.05) is 17.8 Å². The minimum atomic E-state index is 0.204. The molecule has 3 rings (SSSR count). The van der Waals surface area contributed by atoms with Gasteiger partial charge in [-0.05, 0) is 44.6 Å². The molecule has 0 radical (unpaired) electrons. The Bertz CT molecular complexity index is 658. The number of hydrogen-bond acceptors (Lipinski definition) is 5. The van der Waals surface area contributed by atoms with E-state index in [1.165, 1.54) is 18.2 Å². The maximum atomic E-state index is 12.6. The zero-order chi connectivity index (χ0) is 16.4. The maximum absolute atomic E-state index is 12.6. The summed E-state index contributed by atoms with van der Waals surface area (Å²) in [6.07, 6.45) is 3.42. The molecule has 5 nitrogen and oxygen atoms in total. The molecule has 1 aliphatic heterocycles. The Morgan fingerprint density at radius 1 is 1.35 bits per heavy atom. The van der Waals surface area contributed by atoms with Crippen LogP contribution in [0.2, 0.25) is 0 Å². The van der Waals surface area contributed by atoms with Crippen LogP contribution in [0.1, 0.15) is 33.1 Å². The lowest BCUT2D eigenvalue weighted by Crippen LogP contribution is -2.48. The standard InChI is InChI=1S/C16H22N4OS2/c1-11-6-4-7-12(2)20(11)14(21)10-23-16-18-17-15(19(16)3)13-8-5-9-22-13/h5,8-9,11-12H,4,6-7,10H2,1-3H3. The number of thioether (sulfide) groups is 1. The van der Waals surface area contributed by atoms with Crippen molar-refractivity contribution in [1.82, 2.24) is 19.7 Å². The summed E-state index contributed by atoms with van der Waals surface area (Å²) in [5.41, 5.74) is 0. The molecular weight excluding hydrogens is 328 g/mol. The molecule has 0 saturated carbocycles. The lowest BCUT2D eigenvalue weighted by Gasteiger charge is -2.39. The Kier molecular flexibility index (Phi) is 5.06. The zero-order valence-corrected chi connectivity index (χ0v) is 15.4. The number of aromatic nitrogens is 3. The van der Waals surface area contributed by atoms with Crippen molar-refractivity contribution in [3.8, 4) is 10.7 Å². The van der Waals surface area contributed by atoms with Gasteiger partial charge in [-0.15, -0.1) is 21.5 Å². The molecule has 1 aliphatic rings. The van der Waals surface area contributed by atoms with Gasteiger partial charge in [0.05, 0.1) is 10.6 Å². The van der Waals surface area contributed by atoms with Crippen LogP contribution in [-0.2, 0) is 11.8 Å². The van der Waals surface area contributed by atoms with Crippen molar-refractivity contribution in [1.29, 1.82) is 0 Å². The predicted octanol–water partition coefficient (Wildman–Crippen LogP) is 3.43. The zero-order valence-electron chi connectivity index (χ0n) is 13.7. The first-order chi connectivity index (χ1) is 11.1. The number of piperidine rings is 1. The van der Waals surface area contributed by atoms with Gasteiger partial charge in [-0.3, -0.25) is 4.79 Å². The summed E-state index contributed by atoms with van der Waals surface area (Å²) in [7, 11) is 1.95. The van der Waals surface area contributed by atoms with Crippen LogP contribution in [0.3, 0.4) is 0 Å². The highest BCUT2D eigenvalue weighted by Gasteiger charge is 2.29. The molecule has 1 fully saturated rings. The number of carbonyl (C=O) groups is 1. The molecule has 2 atom stereocenters. The molecule has 1 amide bonds. The number of nitrogens with zero attached hydrogens (tertiary/aromatic N) is 4. The monoisotopic (exact) mass is 350 g/mol. The van der Waals surface area contributed by atoms with Gasteiger partial charge in [-0.25, -0.2) is 0 Å². The Morgan fingerprint density at radius 3 is 2.74 bits per heavy atom. The molecule has 7 heteroatoms. The summed E-state index contributed by atoms with van der Waals surface area (Å²) >= 11 is 3.12. The first-order valence-corrected chi connectivity index (χ1v) is 9.81. The van der Waals surface area contributed by atoms with E-state index in [0.717, 1.165) is 28.7 Å². The minimum Gasteiger partial charge on any atom is -0.337 e. The molecule has 124 valence electrons. The molecule has 2 aromatic heterocycles. The molecule has 0 aliphatic carbocycles. The van der Waals surface area contributed by atoms with E-state index in [9.17, 15) is 4.79 Å². The van der Waals surface area contributed by atoms with E-state index >= 15 is 0 Å². The smallest absolute Gasteiger partial charge is 0.233 e. The van der Waals surface area contributed by atoms with Crippen LogP contribution >= 0.6 is 23.1 Å². The topological polar surface area (TPSA) is 51.0 Å². The third kappa shape index (κ3) is 3.45. The van der Waals surface area contributed by atoms with Gasteiger partial charge in [0.15, 0.2) is 11.0 Å². The maximum Gasteiger partial charge on any atom is 0.233 e. The van der Waals surface area contributed by atoms with E-state index in [1.54, 1.807) is 11.3 Å². The third-order valence-electron chi connectivity index (χ3n) is 4.38. The van der Waals surface area contributed by atoms with Gasteiger partial charge >= 0.3 is 0 Å². The highest BCUT2D eigenvalue weighted by molar-refractivity contribution is 7.99. The summed E-state index contributed by atoms with van der Waals surface area (Å²) in [5.74, 6) is 1.48. The summed E-state index contributed by atoms with van der Waals surface area (Å²) in [4.78, 5) is 15.7. The van der Waals surface area contributed by atoms with Crippen molar-refractivity contribution in [2.75, 3.05) is 5.75 Å². The second-order valence-corrected chi connectivity index (χ2v) is 7.95. The van der Waals surface area contributed by atoms with E-state index in [4.69, 9.17) is 0 Å². The normalized spacial score (nSPS) is 21.6. The van der Waals surface area contributed by atoms with Gasteiger partial charge in [0.1, 0.15) is 0 Å². The molecule has 3 heterocycles. The number of hydrogen-bond donors (Lipinski definition) is 0. The molecule has 23 heavy (non-hydrogen) atoms. The van der Waals surface area contributed by atoms with Crippen LogP contribution in [0.5, 0.6) is 0 Å². The van der Waals surface area contributed by atoms with Crippen LogP contribution < -0.4 is 0 Å². The minimum absolute atomic E-state index is 0.204. The largest absolute Gasteiger partial charge is 0.337 e. The highest BCUT2D eigenvalue weighted by atomic mass is 32.2. The molecule has 0 bridgehead atoms. The highest BCUT2D eigenvalue weighted by Crippen LogP contribution is 2.27. The second-order valence-electron chi connectivity index (χ2n) is 6.06. The van der Waals surface area contributed by atoms with E-state index in [0.29, 0.717) is 17.8 Å². The summed E-state index contributed by atoms with van der Waals surface area (Å²) in [6, 6.07) is 4.72. The van der Waals surface area contributed by atoms with Crippen molar-refractivity contribution < 1.29 is 4.79 Å². The molecule has 0 aromatic carbocycles. The fourth-order valence-electron chi connectivity index (χ4n) is 3.17. The van der Waals surface area contributed by atoms with Gasteiger partial charge < -0.3 is 9.47 Å². The molecule has 1 saturated heterocycles. The number of rotatable bonds is 4. The third-order valence-corrected chi connectivity index (χ3v) is 6.25.